The molecule has 6 heteroatoms. The second-order valence-electron chi connectivity index (χ2n) is 5.61. The number of nitrogens with zero attached hydrogens (tertiary/aromatic N) is 3. The van der Waals surface area contributed by atoms with E-state index in [1.54, 1.807) is 24.5 Å². The van der Waals surface area contributed by atoms with Crippen LogP contribution in [0.4, 0.5) is 0 Å². The molecule has 24 heavy (non-hydrogen) atoms. The maximum Gasteiger partial charge on any atom is 0.270 e. The van der Waals surface area contributed by atoms with Crippen LogP contribution in [0.25, 0.3) is 11.2 Å². The Morgan fingerprint density at radius 2 is 2.04 bits per heavy atom. The molecule has 1 amide bonds. The summed E-state index contributed by atoms with van der Waals surface area (Å²) in [5, 5.41) is 3.29. The molecule has 120 valence electrons. The lowest BCUT2D eigenvalue weighted by molar-refractivity contribution is 0.0949. The molecule has 2 aromatic heterocycles. The van der Waals surface area contributed by atoms with E-state index in [1.165, 1.54) is 11.1 Å². The molecule has 5 nitrogen and oxygen atoms in total. The molecule has 3 aromatic rings. The van der Waals surface area contributed by atoms with E-state index in [-0.39, 0.29) is 5.91 Å². The van der Waals surface area contributed by atoms with Crippen LogP contribution in [0.1, 0.15) is 26.9 Å². The molecule has 1 unspecified atom stereocenters. The van der Waals surface area contributed by atoms with Crippen molar-refractivity contribution in [3.63, 3.8) is 0 Å². The summed E-state index contributed by atoms with van der Waals surface area (Å²) in [6.45, 7) is 0.598. The van der Waals surface area contributed by atoms with Gasteiger partial charge in [-0.1, -0.05) is 24.3 Å². The predicted octanol–water partition coefficient (Wildman–Crippen LogP) is 2.79. The summed E-state index contributed by atoms with van der Waals surface area (Å²) < 4.78 is 0. The van der Waals surface area contributed by atoms with Crippen LogP contribution < -0.4 is 5.32 Å². The standard InChI is InChI=1S/C18H16N4OS/c23-18(15-6-5-14-17(22-15)20-9-8-19-14)21-11-16-13-4-2-1-3-12(13)7-10-24-16/h1-6,8-9,16H,7,10-11H2,(H,21,23). The number of aromatic nitrogens is 3. The van der Waals surface area contributed by atoms with Gasteiger partial charge in [0.1, 0.15) is 11.2 Å². The molecule has 4 rings (SSSR count). The Morgan fingerprint density at radius 1 is 1.17 bits per heavy atom. The molecular weight excluding hydrogens is 320 g/mol. The third-order valence-electron chi connectivity index (χ3n) is 4.10. The predicted molar refractivity (Wildman–Crippen MR) is 95.0 cm³/mol. The highest BCUT2D eigenvalue weighted by molar-refractivity contribution is 7.99. The van der Waals surface area contributed by atoms with E-state index < -0.39 is 0 Å². The molecule has 3 heterocycles. The SMILES string of the molecule is O=C(NCC1SCCc2ccccc21)c1ccc2nccnc2n1. The monoisotopic (exact) mass is 336 g/mol. The Bertz CT molecular complexity index is 899. The highest BCUT2D eigenvalue weighted by Crippen LogP contribution is 2.35. The zero-order valence-corrected chi connectivity index (χ0v) is 13.8. The van der Waals surface area contributed by atoms with Crippen LogP contribution in [0.3, 0.4) is 0 Å². The molecule has 1 aromatic carbocycles. The van der Waals surface area contributed by atoms with Crippen LogP contribution in [-0.2, 0) is 6.42 Å². The number of fused-ring (bicyclic) bond motifs is 2. The number of hydrogen-bond acceptors (Lipinski definition) is 5. The second-order valence-corrected chi connectivity index (χ2v) is 6.92. The summed E-state index contributed by atoms with van der Waals surface area (Å²) in [7, 11) is 0. The summed E-state index contributed by atoms with van der Waals surface area (Å²) >= 11 is 1.89. The van der Waals surface area contributed by atoms with Crippen LogP contribution in [0.5, 0.6) is 0 Å². The number of pyridine rings is 1. The molecule has 1 aliphatic heterocycles. The van der Waals surface area contributed by atoms with Crippen molar-refractivity contribution in [3.05, 3.63) is 65.6 Å². The average Bonchev–Trinajstić information content (AvgIpc) is 2.65. The maximum atomic E-state index is 12.4. The van der Waals surface area contributed by atoms with Gasteiger partial charge in [0.2, 0.25) is 0 Å². The Labute approximate surface area is 143 Å². The maximum absolute atomic E-state index is 12.4. The normalized spacial score (nSPS) is 16.6. The van der Waals surface area contributed by atoms with Gasteiger partial charge >= 0.3 is 0 Å². The van der Waals surface area contributed by atoms with E-state index in [0.29, 0.717) is 28.7 Å². The van der Waals surface area contributed by atoms with Crippen LogP contribution >= 0.6 is 11.8 Å². The molecule has 0 saturated heterocycles. The van der Waals surface area contributed by atoms with Crippen LogP contribution in [0.2, 0.25) is 0 Å². The fourth-order valence-electron chi connectivity index (χ4n) is 2.90. The van der Waals surface area contributed by atoms with Crippen molar-refractivity contribution in [2.45, 2.75) is 11.7 Å². The van der Waals surface area contributed by atoms with Crippen molar-refractivity contribution < 1.29 is 4.79 Å². The van der Waals surface area contributed by atoms with E-state index in [0.717, 1.165) is 12.2 Å². The largest absolute Gasteiger partial charge is 0.349 e. The Morgan fingerprint density at radius 3 is 3.00 bits per heavy atom. The minimum Gasteiger partial charge on any atom is -0.349 e. The minimum absolute atomic E-state index is 0.175. The van der Waals surface area contributed by atoms with Gasteiger partial charge < -0.3 is 5.32 Å². The van der Waals surface area contributed by atoms with Gasteiger partial charge in [0.15, 0.2) is 5.65 Å². The zero-order chi connectivity index (χ0) is 16.4. The third kappa shape index (κ3) is 2.97. The van der Waals surface area contributed by atoms with Crippen LogP contribution in [0.15, 0.2) is 48.8 Å². The molecule has 0 radical (unpaired) electrons. The smallest absolute Gasteiger partial charge is 0.270 e. The van der Waals surface area contributed by atoms with Crippen molar-refractivity contribution in [1.29, 1.82) is 0 Å². The minimum atomic E-state index is -0.175. The molecule has 0 fully saturated rings. The van der Waals surface area contributed by atoms with Gasteiger partial charge in [0.05, 0.1) is 0 Å². The van der Waals surface area contributed by atoms with E-state index in [2.05, 4.69) is 44.5 Å². The number of benzene rings is 1. The van der Waals surface area contributed by atoms with Crippen molar-refractivity contribution in [1.82, 2.24) is 20.3 Å². The summed E-state index contributed by atoms with van der Waals surface area (Å²) in [5.41, 5.74) is 4.26. The van der Waals surface area contributed by atoms with E-state index in [1.807, 2.05) is 11.8 Å². The first-order valence-corrected chi connectivity index (χ1v) is 8.91. The van der Waals surface area contributed by atoms with Gasteiger partial charge in [-0.2, -0.15) is 11.8 Å². The number of carbonyl (C=O) groups is 1. The number of amides is 1. The van der Waals surface area contributed by atoms with Gasteiger partial charge in [0.25, 0.3) is 5.91 Å². The van der Waals surface area contributed by atoms with Crippen molar-refractivity contribution in [3.8, 4) is 0 Å². The molecule has 0 saturated carbocycles. The molecule has 0 aliphatic carbocycles. The Balaban J connectivity index is 1.48. The molecule has 0 spiro atoms. The van der Waals surface area contributed by atoms with Crippen molar-refractivity contribution >= 4 is 28.8 Å². The number of rotatable bonds is 3. The summed E-state index contributed by atoms with van der Waals surface area (Å²) in [4.78, 5) is 25.0. The lowest BCUT2D eigenvalue weighted by Crippen LogP contribution is -2.29. The van der Waals surface area contributed by atoms with Crippen molar-refractivity contribution in [2.24, 2.45) is 0 Å². The summed E-state index contributed by atoms with van der Waals surface area (Å²) in [6.07, 6.45) is 4.28. The molecular formula is C18H16N4OS. The lowest BCUT2D eigenvalue weighted by Gasteiger charge is -2.25. The summed E-state index contributed by atoms with van der Waals surface area (Å²) in [5.74, 6) is 0.910. The number of nitrogens with one attached hydrogen (secondary N) is 1. The van der Waals surface area contributed by atoms with Crippen molar-refractivity contribution in [2.75, 3.05) is 12.3 Å². The van der Waals surface area contributed by atoms with E-state index >= 15 is 0 Å². The van der Waals surface area contributed by atoms with Crippen LogP contribution in [-0.4, -0.2) is 33.2 Å². The zero-order valence-electron chi connectivity index (χ0n) is 13.0. The first-order chi connectivity index (χ1) is 11.8. The van der Waals surface area contributed by atoms with Gasteiger partial charge in [0, 0.05) is 24.2 Å². The van der Waals surface area contributed by atoms with E-state index in [9.17, 15) is 4.79 Å². The fourth-order valence-corrected chi connectivity index (χ4v) is 4.14. The topological polar surface area (TPSA) is 67.8 Å². The van der Waals surface area contributed by atoms with Gasteiger partial charge in [-0.25, -0.2) is 9.97 Å². The lowest BCUT2D eigenvalue weighted by atomic mass is 10.0. The molecule has 0 bridgehead atoms. The Hall–Kier alpha value is -2.47. The van der Waals surface area contributed by atoms with Crippen LogP contribution in [0, 0.1) is 0 Å². The quantitative estimate of drug-likeness (QED) is 0.796. The highest BCUT2D eigenvalue weighted by Gasteiger charge is 2.21. The molecule has 1 aliphatic rings. The number of hydrogen-bond donors (Lipinski definition) is 1. The Kier molecular flexibility index (Phi) is 4.13. The average molecular weight is 336 g/mol. The highest BCUT2D eigenvalue weighted by atomic mass is 32.2. The van der Waals surface area contributed by atoms with E-state index in [4.69, 9.17) is 0 Å². The van der Waals surface area contributed by atoms with Gasteiger partial charge in [-0.05, 0) is 35.4 Å². The first-order valence-electron chi connectivity index (χ1n) is 7.86. The fraction of sp³-hybridized carbons (Fsp3) is 0.222. The van der Waals surface area contributed by atoms with Gasteiger partial charge in [-0.15, -0.1) is 0 Å². The number of carbonyl (C=O) groups excluding carboxylic acids is 1. The van der Waals surface area contributed by atoms with Gasteiger partial charge in [-0.3, -0.25) is 9.78 Å². The number of aryl methyl sites for hydroxylation is 1. The molecule has 1 atom stereocenters. The molecule has 1 N–H and O–H groups in total. The number of thioether (sulfide) groups is 1. The third-order valence-corrected chi connectivity index (χ3v) is 5.37. The second kappa shape index (κ2) is 6.57. The summed E-state index contributed by atoms with van der Waals surface area (Å²) in [6, 6.07) is 11.9. The first kappa shape index (κ1) is 15.1.